The third-order valence-electron chi connectivity index (χ3n) is 7.12. The quantitative estimate of drug-likeness (QED) is 0.374. The van der Waals surface area contributed by atoms with Crippen molar-refractivity contribution in [1.82, 2.24) is 0 Å². The molecule has 0 radical (unpaired) electrons. The maximum absolute atomic E-state index is 11.3. The van der Waals surface area contributed by atoms with E-state index < -0.39 is 34.8 Å². The molecule has 3 rings (SSSR count). The Morgan fingerprint density at radius 1 is 0.758 bits per heavy atom. The maximum atomic E-state index is 11.3. The van der Waals surface area contributed by atoms with Crippen molar-refractivity contribution in [3.63, 3.8) is 0 Å². The Morgan fingerprint density at radius 2 is 1.33 bits per heavy atom. The Morgan fingerprint density at radius 3 is 1.91 bits per heavy atom. The molecular formula is C25H32O8. The molecular weight excluding hydrogens is 428 g/mol. The zero-order chi connectivity index (χ0) is 24.9. The number of aromatic hydroxyl groups is 2. The maximum Gasteiger partial charge on any atom is 0.240 e. The highest BCUT2D eigenvalue weighted by Gasteiger charge is 2.75. The van der Waals surface area contributed by atoms with E-state index in [9.17, 15) is 30.6 Å². The molecule has 0 aromatic heterocycles. The minimum Gasteiger partial charge on any atom is -0.508 e. The molecule has 2 aromatic carbocycles. The molecule has 8 nitrogen and oxygen atoms in total. The second kappa shape index (κ2) is 8.00. The van der Waals surface area contributed by atoms with Gasteiger partial charge in [-0.05, 0) is 63.1 Å². The average molecular weight is 461 g/mol. The summed E-state index contributed by atoms with van der Waals surface area (Å²) in [5, 5.41) is 63.1. The van der Waals surface area contributed by atoms with Gasteiger partial charge in [-0.3, -0.25) is 0 Å². The van der Waals surface area contributed by atoms with Gasteiger partial charge in [0.05, 0.1) is 6.61 Å². The Hall–Kier alpha value is -2.62. The van der Waals surface area contributed by atoms with E-state index in [0.29, 0.717) is 5.56 Å². The summed E-state index contributed by atoms with van der Waals surface area (Å²) >= 11 is 0. The number of hydrogen-bond donors (Lipinski definition) is 6. The van der Waals surface area contributed by atoms with Gasteiger partial charge in [-0.1, -0.05) is 24.3 Å². The van der Waals surface area contributed by atoms with Crippen LogP contribution in [-0.2, 0) is 4.74 Å². The summed E-state index contributed by atoms with van der Waals surface area (Å²) in [7, 11) is 0. The van der Waals surface area contributed by atoms with Crippen LogP contribution < -0.4 is 4.74 Å². The molecule has 0 aliphatic carbocycles. The lowest BCUT2D eigenvalue weighted by molar-refractivity contribution is -0.441. The monoisotopic (exact) mass is 460 g/mol. The van der Waals surface area contributed by atoms with Crippen molar-refractivity contribution >= 4 is 12.2 Å². The summed E-state index contributed by atoms with van der Waals surface area (Å²) in [6.07, 6.45) is 3.50. The van der Waals surface area contributed by atoms with Gasteiger partial charge >= 0.3 is 0 Å². The number of phenols is 2. The SMILES string of the molecule is CC1(O)[C@](C)(Oc2cc(O)cc(/C=C\c3ccc(O)cc3)c2)OC(C)(CO)[C@@](C)(O)[C@@]1(C)O. The van der Waals surface area contributed by atoms with Gasteiger partial charge in [0.2, 0.25) is 5.79 Å². The molecule has 1 aliphatic rings. The minimum atomic E-state index is -2.16. The lowest BCUT2D eigenvalue weighted by Crippen LogP contribution is -2.85. The highest BCUT2D eigenvalue weighted by atomic mass is 16.7. The van der Waals surface area contributed by atoms with Crippen LogP contribution in [0.2, 0.25) is 0 Å². The molecule has 2 aromatic rings. The molecule has 8 heteroatoms. The van der Waals surface area contributed by atoms with Crippen molar-refractivity contribution < 1.29 is 40.1 Å². The third-order valence-corrected chi connectivity index (χ3v) is 7.12. The number of aliphatic hydroxyl groups excluding tert-OH is 1. The van der Waals surface area contributed by atoms with Gasteiger partial charge in [0.25, 0.3) is 0 Å². The molecule has 1 saturated heterocycles. The smallest absolute Gasteiger partial charge is 0.240 e. The number of phenolic OH excluding ortho intramolecular Hbond substituents is 2. The van der Waals surface area contributed by atoms with Gasteiger partial charge in [0.15, 0.2) is 5.60 Å². The van der Waals surface area contributed by atoms with Gasteiger partial charge in [-0.15, -0.1) is 0 Å². The van der Waals surface area contributed by atoms with Crippen LogP contribution in [-0.4, -0.2) is 65.4 Å². The van der Waals surface area contributed by atoms with E-state index in [-0.39, 0.29) is 17.2 Å². The number of benzene rings is 2. The fourth-order valence-corrected chi connectivity index (χ4v) is 4.13. The first-order chi connectivity index (χ1) is 15.1. The molecule has 2 unspecified atom stereocenters. The van der Waals surface area contributed by atoms with Gasteiger partial charge in [-0.25, -0.2) is 0 Å². The lowest BCUT2D eigenvalue weighted by atomic mass is 9.61. The summed E-state index contributed by atoms with van der Waals surface area (Å²) in [4.78, 5) is 0. The van der Waals surface area contributed by atoms with Crippen molar-refractivity contribution in [3.8, 4) is 17.2 Å². The molecule has 33 heavy (non-hydrogen) atoms. The molecule has 180 valence electrons. The summed E-state index contributed by atoms with van der Waals surface area (Å²) < 4.78 is 11.9. The van der Waals surface area contributed by atoms with E-state index in [1.165, 1.54) is 46.8 Å². The topological polar surface area (TPSA) is 140 Å². The predicted molar refractivity (Wildman–Crippen MR) is 123 cm³/mol. The van der Waals surface area contributed by atoms with Crippen LogP contribution in [0.15, 0.2) is 42.5 Å². The summed E-state index contributed by atoms with van der Waals surface area (Å²) in [5.41, 5.74) is -6.65. The first kappa shape index (κ1) is 25.0. The molecule has 6 N–H and O–H groups in total. The van der Waals surface area contributed by atoms with Crippen molar-refractivity contribution in [2.24, 2.45) is 0 Å². The van der Waals surface area contributed by atoms with Gasteiger partial charge in [0.1, 0.15) is 34.1 Å². The number of hydrogen-bond acceptors (Lipinski definition) is 8. The average Bonchev–Trinajstić information content (AvgIpc) is 2.71. The lowest BCUT2D eigenvalue weighted by Gasteiger charge is -2.64. The van der Waals surface area contributed by atoms with Crippen LogP contribution in [0.4, 0.5) is 0 Å². The van der Waals surface area contributed by atoms with Crippen LogP contribution in [0.3, 0.4) is 0 Å². The molecule has 1 heterocycles. The molecule has 5 atom stereocenters. The molecule has 0 saturated carbocycles. The standard InChI is InChI=1S/C25H32O8/c1-21(15-26)22(2,29)23(3,30)24(4,31)25(5,33-21)32-20-13-17(12-19(28)14-20)7-6-16-8-10-18(27)11-9-16/h6-14,26-31H,15H2,1-5H3/b7-6-/t21?,22-,23-,24?,25-/m1/s1. The molecule has 1 fully saturated rings. The number of aliphatic hydroxyl groups is 4. The van der Waals surface area contributed by atoms with Crippen LogP contribution in [0, 0.1) is 0 Å². The van der Waals surface area contributed by atoms with Gasteiger partial charge in [0, 0.05) is 13.0 Å². The van der Waals surface area contributed by atoms with Crippen LogP contribution >= 0.6 is 0 Å². The first-order valence-electron chi connectivity index (χ1n) is 10.6. The normalized spacial score (nSPS) is 36.8. The van der Waals surface area contributed by atoms with Crippen molar-refractivity contribution in [3.05, 3.63) is 53.6 Å². The Bertz CT molecular complexity index is 1040. The molecule has 0 bridgehead atoms. The second-order valence-electron chi connectivity index (χ2n) is 9.44. The van der Waals surface area contributed by atoms with Gasteiger partial charge < -0.3 is 40.1 Å². The first-order valence-corrected chi connectivity index (χ1v) is 10.6. The Balaban J connectivity index is 1.98. The number of ether oxygens (including phenoxy) is 2. The van der Waals surface area contributed by atoms with E-state index in [4.69, 9.17) is 9.47 Å². The highest BCUT2D eigenvalue weighted by Crippen LogP contribution is 2.53. The zero-order valence-corrected chi connectivity index (χ0v) is 19.4. The van der Waals surface area contributed by atoms with Crippen molar-refractivity contribution in [2.75, 3.05) is 6.61 Å². The summed E-state index contributed by atoms with van der Waals surface area (Å²) in [6, 6.07) is 11.0. The fourth-order valence-electron chi connectivity index (χ4n) is 4.13. The number of rotatable bonds is 5. The molecule has 1 aliphatic heterocycles. The summed E-state index contributed by atoms with van der Waals surface area (Å²) in [6.45, 7) is 5.93. The fraction of sp³-hybridized carbons (Fsp3) is 0.440. The summed E-state index contributed by atoms with van der Waals surface area (Å²) in [5.74, 6) is -1.76. The van der Waals surface area contributed by atoms with E-state index in [1.807, 2.05) is 0 Å². The van der Waals surface area contributed by atoms with Crippen molar-refractivity contribution in [1.29, 1.82) is 0 Å². The predicted octanol–water partition coefficient (Wildman–Crippen LogP) is 2.40. The molecule has 0 amide bonds. The van der Waals surface area contributed by atoms with Gasteiger partial charge in [-0.2, -0.15) is 0 Å². The third kappa shape index (κ3) is 3.98. The van der Waals surface area contributed by atoms with Crippen LogP contribution in [0.1, 0.15) is 45.7 Å². The van der Waals surface area contributed by atoms with E-state index >= 15 is 0 Å². The van der Waals surface area contributed by atoms with Crippen LogP contribution in [0.25, 0.3) is 12.2 Å². The zero-order valence-electron chi connectivity index (χ0n) is 19.4. The molecule has 0 spiro atoms. The second-order valence-corrected chi connectivity index (χ2v) is 9.44. The van der Waals surface area contributed by atoms with E-state index in [1.54, 1.807) is 42.5 Å². The largest absolute Gasteiger partial charge is 0.508 e. The van der Waals surface area contributed by atoms with Crippen LogP contribution in [0.5, 0.6) is 17.2 Å². The van der Waals surface area contributed by atoms with Crippen molar-refractivity contribution in [2.45, 2.75) is 62.8 Å². The van der Waals surface area contributed by atoms with E-state index in [0.717, 1.165) is 5.56 Å². The minimum absolute atomic E-state index is 0.111. The Kier molecular flexibility index (Phi) is 6.06. The highest BCUT2D eigenvalue weighted by molar-refractivity contribution is 5.71. The Labute approximate surface area is 193 Å². The van der Waals surface area contributed by atoms with E-state index in [2.05, 4.69) is 0 Å².